The molecular weight excluding hydrogens is 346 g/mol. The first kappa shape index (κ1) is 23.0. The van der Waals surface area contributed by atoms with E-state index < -0.39 is 0 Å². The number of imidazole rings is 1. The molecule has 27 heavy (non-hydrogen) atoms. The molecular formula is C19H35N5O3. The molecule has 0 saturated carbocycles. The molecule has 8 nitrogen and oxygen atoms in total. The third-order valence-electron chi connectivity index (χ3n) is 4.44. The lowest BCUT2D eigenvalue weighted by Gasteiger charge is -2.07. The minimum absolute atomic E-state index is 0.341. The molecule has 0 aliphatic carbocycles. The second-order valence-electron chi connectivity index (χ2n) is 6.83. The highest BCUT2D eigenvalue weighted by Gasteiger charge is 2.12. The smallest absolute Gasteiger partial charge is 0.332 e. The Kier molecular flexibility index (Phi) is 9.85. The molecule has 0 bridgehead atoms. The first-order chi connectivity index (χ1) is 12.9. The fourth-order valence-electron chi connectivity index (χ4n) is 2.39. The van der Waals surface area contributed by atoms with Gasteiger partial charge in [0.1, 0.15) is 0 Å². The zero-order valence-corrected chi connectivity index (χ0v) is 17.6. The third-order valence-corrected chi connectivity index (χ3v) is 4.44. The number of aromatic nitrogens is 4. The Labute approximate surface area is 161 Å². The highest BCUT2D eigenvalue weighted by atomic mass is 16.5. The van der Waals surface area contributed by atoms with Crippen molar-refractivity contribution in [1.82, 2.24) is 19.1 Å². The Balaban J connectivity index is 0.000000314. The van der Waals surface area contributed by atoms with E-state index in [4.69, 9.17) is 4.74 Å². The van der Waals surface area contributed by atoms with Gasteiger partial charge < -0.3 is 15.0 Å². The van der Waals surface area contributed by atoms with Gasteiger partial charge in [-0.3, -0.25) is 13.9 Å². The van der Waals surface area contributed by atoms with Gasteiger partial charge in [-0.15, -0.1) is 0 Å². The summed E-state index contributed by atoms with van der Waals surface area (Å²) in [6.07, 6.45) is 4.58. The quantitative estimate of drug-likeness (QED) is 0.651. The molecule has 0 radical (unpaired) electrons. The summed E-state index contributed by atoms with van der Waals surface area (Å²) in [5.74, 6) is 1.34. The lowest BCUT2D eigenvalue weighted by Crippen LogP contribution is -2.36. The van der Waals surface area contributed by atoms with Crippen molar-refractivity contribution in [3.63, 3.8) is 0 Å². The van der Waals surface area contributed by atoms with Gasteiger partial charge in [0.05, 0.1) is 0 Å². The molecule has 2 N–H and O–H groups in total. The largest absolute Gasteiger partial charge is 0.381 e. The van der Waals surface area contributed by atoms with Gasteiger partial charge in [-0.25, -0.2) is 4.79 Å². The van der Waals surface area contributed by atoms with Gasteiger partial charge in [0.15, 0.2) is 11.2 Å². The van der Waals surface area contributed by atoms with Crippen molar-refractivity contribution in [2.24, 2.45) is 20.0 Å². The van der Waals surface area contributed by atoms with E-state index in [1.807, 2.05) is 6.92 Å². The number of hydrogen-bond acceptors (Lipinski definition) is 5. The molecule has 2 heterocycles. The maximum atomic E-state index is 11.8. The average molecular weight is 382 g/mol. The zero-order valence-electron chi connectivity index (χ0n) is 17.6. The van der Waals surface area contributed by atoms with Crippen molar-refractivity contribution in [2.45, 2.75) is 53.4 Å². The van der Waals surface area contributed by atoms with Gasteiger partial charge in [0.25, 0.3) is 5.56 Å². The van der Waals surface area contributed by atoms with E-state index >= 15 is 0 Å². The maximum absolute atomic E-state index is 11.8. The molecule has 8 heteroatoms. The van der Waals surface area contributed by atoms with Crippen LogP contribution in [0.15, 0.2) is 9.59 Å². The summed E-state index contributed by atoms with van der Waals surface area (Å²) in [6, 6.07) is 0. The van der Waals surface area contributed by atoms with Crippen molar-refractivity contribution >= 4 is 17.1 Å². The molecule has 1 unspecified atom stereocenters. The monoisotopic (exact) mass is 381 g/mol. The lowest BCUT2D eigenvalue weighted by molar-refractivity contribution is 0.122. The average Bonchev–Trinajstić information content (AvgIpc) is 3.11. The van der Waals surface area contributed by atoms with E-state index in [0.29, 0.717) is 17.1 Å². The van der Waals surface area contributed by atoms with Crippen LogP contribution in [0.1, 0.15) is 53.4 Å². The van der Waals surface area contributed by atoms with Gasteiger partial charge in [0, 0.05) is 33.9 Å². The molecule has 0 amide bonds. The van der Waals surface area contributed by atoms with E-state index in [0.717, 1.165) is 43.1 Å². The number of aryl methyl sites for hydroxylation is 1. The van der Waals surface area contributed by atoms with Crippen LogP contribution in [0, 0.1) is 5.92 Å². The van der Waals surface area contributed by atoms with Crippen LogP contribution in [0.25, 0.3) is 11.2 Å². The minimum atomic E-state index is -0.379. The Morgan fingerprint density at radius 1 is 1.11 bits per heavy atom. The fourth-order valence-corrected chi connectivity index (χ4v) is 2.39. The number of hydrogen-bond donors (Lipinski definition) is 2. The molecule has 0 saturated heterocycles. The summed E-state index contributed by atoms with van der Waals surface area (Å²) in [7, 11) is 3.04. The molecule has 0 fully saturated rings. The van der Waals surface area contributed by atoms with Crippen molar-refractivity contribution in [1.29, 1.82) is 0 Å². The molecule has 2 aromatic heterocycles. The van der Waals surface area contributed by atoms with Crippen LogP contribution in [0.3, 0.4) is 0 Å². The van der Waals surface area contributed by atoms with Crippen LogP contribution in [-0.2, 0) is 18.8 Å². The first-order valence-corrected chi connectivity index (χ1v) is 9.84. The highest BCUT2D eigenvalue weighted by Crippen LogP contribution is 2.08. The lowest BCUT2D eigenvalue weighted by atomic mass is 10.1. The Hall–Kier alpha value is -2.09. The highest BCUT2D eigenvalue weighted by molar-refractivity contribution is 5.72. The molecule has 2 aromatic rings. The topological polar surface area (TPSA) is 93.9 Å². The molecule has 2 rings (SSSR count). The summed E-state index contributed by atoms with van der Waals surface area (Å²) in [6.45, 7) is 11.3. The standard InChI is InChI=1S/C10H15N5O2.C9H20O/c1-4-5-11-9-12-6-7(13-9)14(2)10(17)15(3)8(6)16;1-4-7-10-8-6-9(3)5-2/h4-5H2,1-3H3,(H2,11,12,13);9H,4-8H2,1-3H3. The molecule has 0 aromatic carbocycles. The summed E-state index contributed by atoms with van der Waals surface area (Å²) in [5, 5.41) is 3.05. The molecule has 154 valence electrons. The molecule has 1 atom stereocenters. The maximum Gasteiger partial charge on any atom is 0.332 e. The first-order valence-electron chi connectivity index (χ1n) is 9.84. The number of H-pyrrole nitrogens is 1. The van der Waals surface area contributed by atoms with Gasteiger partial charge in [-0.1, -0.05) is 34.1 Å². The van der Waals surface area contributed by atoms with Gasteiger partial charge in [-0.2, -0.15) is 4.98 Å². The summed E-state index contributed by atoms with van der Waals surface area (Å²) >= 11 is 0. The Morgan fingerprint density at radius 3 is 2.41 bits per heavy atom. The van der Waals surface area contributed by atoms with Crippen LogP contribution in [0.2, 0.25) is 0 Å². The molecule has 0 aliphatic heterocycles. The van der Waals surface area contributed by atoms with Gasteiger partial charge in [0.2, 0.25) is 5.95 Å². The molecule has 0 aliphatic rings. The van der Waals surface area contributed by atoms with E-state index in [1.165, 1.54) is 24.5 Å². The Morgan fingerprint density at radius 2 is 1.81 bits per heavy atom. The summed E-state index contributed by atoms with van der Waals surface area (Å²) in [4.78, 5) is 30.6. The number of fused-ring (bicyclic) bond motifs is 1. The number of nitrogens with one attached hydrogen (secondary N) is 2. The van der Waals surface area contributed by atoms with Gasteiger partial charge in [-0.05, 0) is 25.2 Å². The van der Waals surface area contributed by atoms with Crippen molar-refractivity contribution in [2.75, 3.05) is 25.1 Å². The number of rotatable bonds is 9. The number of aromatic amines is 1. The summed E-state index contributed by atoms with van der Waals surface area (Å²) in [5.41, 5.74) is -0.0268. The van der Waals surface area contributed by atoms with Crippen LogP contribution in [-0.4, -0.2) is 38.9 Å². The Bertz CT molecular complexity index is 806. The normalized spacial score (nSPS) is 11.9. The van der Waals surface area contributed by atoms with Crippen LogP contribution >= 0.6 is 0 Å². The van der Waals surface area contributed by atoms with Crippen molar-refractivity contribution in [3.8, 4) is 0 Å². The fraction of sp³-hybridized carbons (Fsp3) is 0.737. The van der Waals surface area contributed by atoms with E-state index in [2.05, 4.69) is 36.1 Å². The van der Waals surface area contributed by atoms with E-state index in [1.54, 1.807) is 7.05 Å². The second kappa shape index (κ2) is 11.6. The zero-order chi connectivity index (χ0) is 20.4. The predicted molar refractivity (Wildman–Crippen MR) is 111 cm³/mol. The molecule has 0 spiro atoms. The van der Waals surface area contributed by atoms with E-state index in [9.17, 15) is 9.59 Å². The van der Waals surface area contributed by atoms with Crippen LogP contribution in [0.4, 0.5) is 5.95 Å². The summed E-state index contributed by atoms with van der Waals surface area (Å²) < 4.78 is 7.77. The van der Waals surface area contributed by atoms with Crippen molar-refractivity contribution in [3.05, 3.63) is 20.8 Å². The second-order valence-corrected chi connectivity index (χ2v) is 6.83. The van der Waals surface area contributed by atoms with Gasteiger partial charge >= 0.3 is 5.69 Å². The number of anilines is 1. The van der Waals surface area contributed by atoms with Crippen LogP contribution < -0.4 is 16.6 Å². The SMILES string of the molecule is CCCNc1nc2c([nH]1)c(=O)n(C)c(=O)n2C.CCCOCCC(C)CC. The number of nitrogens with zero attached hydrogens (tertiary/aromatic N) is 3. The predicted octanol–water partition coefficient (Wildman–Crippen LogP) is 2.63. The van der Waals surface area contributed by atoms with E-state index in [-0.39, 0.29) is 11.2 Å². The minimum Gasteiger partial charge on any atom is -0.381 e. The third kappa shape index (κ3) is 6.53. The van der Waals surface area contributed by atoms with Crippen LogP contribution in [0.5, 0.6) is 0 Å². The van der Waals surface area contributed by atoms with Crippen molar-refractivity contribution < 1.29 is 4.74 Å². The number of ether oxygens (including phenoxy) is 1.